The molecule has 1 N–H and O–H groups in total. The zero-order valence-corrected chi connectivity index (χ0v) is 17.3. The molecule has 1 aromatic heterocycles. The van der Waals surface area contributed by atoms with E-state index in [-0.39, 0.29) is 42.0 Å². The Labute approximate surface area is 180 Å². The average molecular weight is 461 g/mol. The lowest BCUT2D eigenvalue weighted by molar-refractivity contribution is -0.146. The van der Waals surface area contributed by atoms with E-state index in [4.69, 9.17) is 33.0 Å². The molecule has 0 atom stereocenters. The highest BCUT2D eigenvalue weighted by molar-refractivity contribution is 6.35. The number of halogens is 5. The Morgan fingerprint density at radius 1 is 1.23 bits per heavy atom. The third-order valence-electron chi connectivity index (χ3n) is 4.42. The summed E-state index contributed by atoms with van der Waals surface area (Å²) in [5.41, 5.74) is 1.40. The van der Waals surface area contributed by atoms with Gasteiger partial charge in [-0.2, -0.15) is 13.2 Å². The van der Waals surface area contributed by atoms with Crippen LogP contribution in [0.4, 0.5) is 13.2 Å². The Balaban J connectivity index is 2.04. The van der Waals surface area contributed by atoms with E-state index in [1.54, 1.807) is 25.1 Å². The number of aliphatic carboxylic acids is 1. The van der Waals surface area contributed by atoms with Gasteiger partial charge in [-0.3, -0.25) is 4.79 Å². The highest BCUT2D eigenvalue weighted by Gasteiger charge is 2.38. The third kappa shape index (κ3) is 4.99. The minimum Gasteiger partial charge on any atom is -0.493 e. The number of carboxylic acids is 1. The summed E-state index contributed by atoms with van der Waals surface area (Å²) in [7, 11) is 0. The first-order chi connectivity index (χ1) is 14.1. The zero-order chi connectivity index (χ0) is 22.1. The summed E-state index contributed by atoms with van der Waals surface area (Å²) in [6.07, 6.45) is -4.46. The summed E-state index contributed by atoms with van der Waals surface area (Å²) in [6.45, 7) is 1.60. The number of carbonyl (C=O) groups is 1. The standard InChI is InChI=1S/C20H17Cl2F3N2O3/c1-11-7-14(30-6-2-3-17(28)29)9-16-18(11)26-19(20(23,24)25)27(16)10-12-4-5-13(21)8-15(12)22/h4-5,7-9H,2-3,6,10H2,1H3,(H,28,29). The van der Waals surface area contributed by atoms with Crippen LogP contribution in [0.1, 0.15) is 29.8 Å². The van der Waals surface area contributed by atoms with Gasteiger partial charge in [-0.15, -0.1) is 0 Å². The summed E-state index contributed by atoms with van der Waals surface area (Å²) >= 11 is 12.0. The molecule has 160 valence electrons. The molecule has 0 saturated carbocycles. The lowest BCUT2D eigenvalue weighted by atomic mass is 10.2. The SMILES string of the molecule is Cc1cc(OCCCC(=O)O)cc2c1nc(C(F)(F)F)n2Cc1ccc(Cl)cc1Cl. The minimum atomic E-state index is -4.67. The van der Waals surface area contributed by atoms with Crippen LogP contribution in [0.2, 0.25) is 10.0 Å². The fraction of sp³-hybridized carbons (Fsp3) is 0.300. The number of rotatable bonds is 7. The Hall–Kier alpha value is -2.45. The van der Waals surface area contributed by atoms with Crippen LogP contribution in [0.3, 0.4) is 0 Å². The molecule has 3 aromatic rings. The molecule has 0 saturated heterocycles. The summed E-state index contributed by atoms with van der Waals surface area (Å²) in [5.74, 6) is -1.66. The van der Waals surface area contributed by atoms with Crippen molar-refractivity contribution in [2.75, 3.05) is 6.61 Å². The molecule has 0 unspecified atom stereocenters. The minimum absolute atomic E-state index is 0.0630. The van der Waals surface area contributed by atoms with Crippen molar-refractivity contribution in [3.8, 4) is 5.75 Å². The molecule has 0 aliphatic carbocycles. The van der Waals surface area contributed by atoms with Gasteiger partial charge in [-0.25, -0.2) is 4.98 Å². The first kappa shape index (κ1) is 22.2. The van der Waals surface area contributed by atoms with E-state index >= 15 is 0 Å². The predicted molar refractivity (Wildman–Crippen MR) is 107 cm³/mol. The van der Waals surface area contributed by atoms with Crippen molar-refractivity contribution in [3.05, 3.63) is 57.3 Å². The largest absolute Gasteiger partial charge is 0.493 e. The van der Waals surface area contributed by atoms with Crippen molar-refractivity contribution in [2.45, 2.75) is 32.5 Å². The van der Waals surface area contributed by atoms with Crippen LogP contribution in [0, 0.1) is 6.92 Å². The number of aryl methyl sites for hydroxylation is 1. The third-order valence-corrected chi connectivity index (χ3v) is 5.01. The molecule has 0 spiro atoms. The molecular formula is C20H17Cl2F3N2O3. The maximum absolute atomic E-state index is 13.7. The predicted octanol–water partition coefficient (Wildman–Crippen LogP) is 5.96. The zero-order valence-electron chi connectivity index (χ0n) is 15.8. The van der Waals surface area contributed by atoms with E-state index in [9.17, 15) is 18.0 Å². The van der Waals surface area contributed by atoms with Crippen LogP contribution in [-0.2, 0) is 17.5 Å². The quantitative estimate of drug-likeness (QED) is 0.441. The van der Waals surface area contributed by atoms with E-state index in [0.29, 0.717) is 21.9 Å². The number of imidazole rings is 1. The molecule has 0 fully saturated rings. The van der Waals surface area contributed by atoms with E-state index < -0.39 is 18.0 Å². The Kier molecular flexibility index (Phi) is 6.47. The van der Waals surface area contributed by atoms with Gasteiger partial charge in [0.2, 0.25) is 5.82 Å². The smallest absolute Gasteiger partial charge is 0.449 e. The number of carboxylic acid groups (broad SMARTS) is 1. The first-order valence-corrected chi connectivity index (χ1v) is 9.68. The van der Waals surface area contributed by atoms with Crippen molar-refractivity contribution in [1.82, 2.24) is 9.55 Å². The molecule has 5 nitrogen and oxygen atoms in total. The maximum atomic E-state index is 13.7. The lowest BCUT2D eigenvalue weighted by Crippen LogP contribution is -2.15. The van der Waals surface area contributed by atoms with Gasteiger partial charge in [0.1, 0.15) is 5.75 Å². The summed E-state index contributed by atoms with van der Waals surface area (Å²) < 4.78 is 47.7. The van der Waals surface area contributed by atoms with Gasteiger partial charge in [-0.05, 0) is 42.7 Å². The van der Waals surface area contributed by atoms with Crippen LogP contribution in [0.25, 0.3) is 11.0 Å². The second-order valence-corrected chi connectivity index (χ2v) is 7.55. The molecule has 10 heteroatoms. The van der Waals surface area contributed by atoms with Crippen molar-refractivity contribution >= 4 is 40.2 Å². The summed E-state index contributed by atoms with van der Waals surface area (Å²) in [6, 6.07) is 7.63. The van der Waals surface area contributed by atoms with Gasteiger partial charge in [0.05, 0.1) is 24.2 Å². The van der Waals surface area contributed by atoms with Crippen molar-refractivity contribution in [1.29, 1.82) is 0 Å². The molecule has 3 rings (SSSR count). The van der Waals surface area contributed by atoms with Gasteiger partial charge in [0.15, 0.2) is 0 Å². The normalized spacial score (nSPS) is 11.8. The summed E-state index contributed by atoms with van der Waals surface area (Å²) in [5, 5.41) is 9.32. The number of ether oxygens (including phenoxy) is 1. The maximum Gasteiger partial charge on any atom is 0.449 e. The molecule has 0 aliphatic heterocycles. The second-order valence-electron chi connectivity index (χ2n) is 6.71. The van der Waals surface area contributed by atoms with Gasteiger partial charge >= 0.3 is 12.1 Å². The van der Waals surface area contributed by atoms with E-state index in [1.165, 1.54) is 12.1 Å². The number of nitrogens with zero attached hydrogens (tertiary/aromatic N) is 2. The Bertz CT molecular complexity index is 1100. The van der Waals surface area contributed by atoms with Crippen molar-refractivity contribution < 1.29 is 27.8 Å². The van der Waals surface area contributed by atoms with Crippen molar-refractivity contribution in [2.24, 2.45) is 0 Å². The molecule has 1 heterocycles. The highest BCUT2D eigenvalue weighted by Crippen LogP contribution is 2.35. The molecule has 0 aliphatic rings. The van der Waals surface area contributed by atoms with Gasteiger partial charge in [-0.1, -0.05) is 29.3 Å². The monoisotopic (exact) mass is 460 g/mol. The number of benzene rings is 2. The fourth-order valence-corrected chi connectivity index (χ4v) is 3.52. The highest BCUT2D eigenvalue weighted by atomic mass is 35.5. The van der Waals surface area contributed by atoms with Crippen molar-refractivity contribution in [3.63, 3.8) is 0 Å². The van der Waals surface area contributed by atoms with E-state index in [2.05, 4.69) is 4.98 Å². The number of alkyl halides is 3. The molecule has 0 bridgehead atoms. The molecule has 2 aromatic carbocycles. The average Bonchev–Trinajstić information content (AvgIpc) is 3.00. The van der Waals surface area contributed by atoms with Crippen LogP contribution in [0.15, 0.2) is 30.3 Å². The fourth-order valence-electron chi connectivity index (χ4n) is 3.05. The lowest BCUT2D eigenvalue weighted by Gasteiger charge is -2.13. The molecule has 0 radical (unpaired) electrons. The number of hydrogen-bond acceptors (Lipinski definition) is 3. The summed E-state index contributed by atoms with van der Waals surface area (Å²) in [4.78, 5) is 14.4. The number of fused-ring (bicyclic) bond motifs is 1. The van der Waals surface area contributed by atoms with E-state index in [1.807, 2.05) is 0 Å². The van der Waals surface area contributed by atoms with Crippen LogP contribution in [-0.4, -0.2) is 27.2 Å². The van der Waals surface area contributed by atoms with Crippen LogP contribution >= 0.6 is 23.2 Å². The van der Waals surface area contributed by atoms with Gasteiger partial charge in [0, 0.05) is 22.5 Å². The topological polar surface area (TPSA) is 64.3 Å². The van der Waals surface area contributed by atoms with E-state index in [0.717, 1.165) is 4.57 Å². The second kappa shape index (κ2) is 8.73. The van der Waals surface area contributed by atoms with Crippen LogP contribution in [0.5, 0.6) is 5.75 Å². The number of aromatic nitrogens is 2. The number of hydrogen-bond donors (Lipinski definition) is 1. The molecule has 0 amide bonds. The Morgan fingerprint density at radius 3 is 2.60 bits per heavy atom. The molecule has 30 heavy (non-hydrogen) atoms. The molecular weight excluding hydrogens is 444 g/mol. The first-order valence-electron chi connectivity index (χ1n) is 8.93. The van der Waals surface area contributed by atoms with Gasteiger partial charge < -0.3 is 14.4 Å². The van der Waals surface area contributed by atoms with Crippen LogP contribution < -0.4 is 4.74 Å². The Morgan fingerprint density at radius 2 is 1.97 bits per heavy atom. The van der Waals surface area contributed by atoms with Gasteiger partial charge in [0.25, 0.3) is 0 Å².